The van der Waals surface area contributed by atoms with Crippen molar-refractivity contribution in [3.63, 3.8) is 0 Å². The fourth-order valence-electron chi connectivity index (χ4n) is 2.93. The lowest BCUT2D eigenvalue weighted by atomic mass is 9.86. The smallest absolute Gasteiger partial charge is 0.223 e. The first-order valence-electron chi connectivity index (χ1n) is 9.17. The molecule has 0 aromatic carbocycles. The van der Waals surface area contributed by atoms with Crippen LogP contribution in [-0.4, -0.2) is 36.6 Å². The van der Waals surface area contributed by atoms with Crippen molar-refractivity contribution in [1.82, 2.24) is 10.6 Å². The average Bonchev–Trinajstić information content (AvgIpc) is 2.54. The van der Waals surface area contributed by atoms with Crippen molar-refractivity contribution in [2.75, 3.05) is 19.7 Å². The summed E-state index contributed by atoms with van der Waals surface area (Å²) in [6.07, 6.45) is 5.40. The molecule has 0 saturated carbocycles. The molecule has 0 rings (SSSR count). The highest BCUT2D eigenvalue weighted by molar-refractivity contribution is 5.79. The van der Waals surface area contributed by atoms with Crippen molar-refractivity contribution in [2.24, 2.45) is 17.8 Å². The Kier molecular flexibility index (Phi) is 12.7. The van der Waals surface area contributed by atoms with E-state index in [0.717, 1.165) is 38.5 Å². The third kappa shape index (κ3) is 8.94. The number of hydrogen-bond acceptors (Lipinski definition) is 3. The van der Waals surface area contributed by atoms with Crippen LogP contribution < -0.4 is 10.6 Å². The lowest BCUT2D eigenvalue weighted by molar-refractivity contribution is -0.127. The number of nitrogens with one attached hydrogen (secondary N) is 2. The van der Waals surface area contributed by atoms with Crippen LogP contribution in [0.25, 0.3) is 0 Å². The zero-order valence-corrected chi connectivity index (χ0v) is 15.4. The summed E-state index contributed by atoms with van der Waals surface area (Å²) >= 11 is 0. The molecule has 5 nitrogen and oxygen atoms in total. The normalized spacial score (nSPS) is 14.8. The minimum Gasteiger partial charge on any atom is -0.395 e. The fraction of sp³-hybridized carbons (Fsp3) is 0.889. The quantitative estimate of drug-likeness (QED) is 0.486. The maximum atomic E-state index is 12.2. The second-order valence-corrected chi connectivity index (χ2v) is 6.36. The van der Waals surface area contributed by atoms with Gasteiger partial charge in [-0.25, -0.2) is 0 Å². The first-order chi connectivity index (χ1) is 11.0. The van der Waals surface area contributed by atoms with Gasteiger partial charge in [-0.1, -0.05) is 40.5 Å². The predicted octanol–water partition coefficient (Wildman–Crippen LogP) is 2.48. The van der Waals surface area contributed by atoms with E-state index in [1.807, 2.05) is 6.92 Å². The van der Waals surface area contributed by atoms with E-state index in [9.17, 15) is 9.59 Å². The number of aliphatic hydroxyl groups excluding tert-OH is 1. The van der Waals surface area contributed by atoms with Gasteiger partial charge in [-0.2, -0.15) is 0 Å². The highest BCUT2D eigenvalue weighted by Gasteiger charge is 2.24. The third-order valence-electron chi connectivity index (χ3n) is 4.43. The van der Waals surface area contributed by atoms with E-state index >= 15 is 0 Å². The van der Waals surface area contributed by atoms with Crippen LogP contribution in [0.4, 0.5) is 0 Å². The molecule has 0 aliphatic heterocycles. The molecule has 0 aromatic rings. The van der Waals surface area contributed by atoms with Gasteiger partial charge < -0.3 is 15.7 Å². The number of carbonyl (C=O) groups is 2. The zero-order chi connectivity index (χ0) is 17.7. The molecular formula is C18H36N2O3. The summed E-state index contributed by atoms with van der Waals surface area (Å²) in [7, 11) is 0. The molecule has 0 fully saturated rings. The molecule has 0 heterocycles. The van der Waals surface area contributed by atoms with Gasteiger partial charge in [0.15, 0.2) is 0 Å². The van der Waals surface area contributed by atoms with E-state index in [-0.39, 0.29) is 36.2 Å². The molecule has 0 spiro atoms. The molecule has 0 aromatic heterocycles. The maximum Gasteiger partial charge on any atom is 0.223 e. The van der Waals surface area contributed by atoms with E-state index in [0.29, 0.717) is 13.1 Å². The Labute approximate surface area is 141 Å². The van der Waals surface area contributed by atoms with Crippen LogP contribution in [0.3, 0.4) is 0 Å². The monoisotopic (exact) mass is 328 g/mol. The topological polar surface area (TPSA) is 78.4 Å². The summed E-state index contributed by atoms with van der Waals surface area (Å²) in [4.78, 5) is 24.3. The van der Waals surface area contributed by atoms with Gasteiger partial charge in [-0.05, 0) is 31.6 Å². The minimum atomic E-state index is -0.0546. The molecule has 5 heteroatoms. The highest BCUT2D eigenvalue weighted by atomic mass is 16.3. The van der Waals surface area contributed by atoms with Crippen LogP contribution in [0.15, 0.2) is 0 Å². The molecule has 0 bridgehead atoms. The zero-order valence-electron chi connectivity index (χ0n) is 15.4. The van der Waals surface area contributed by atoms with Crippen molar-refractivity contribution >= 4 is 11.8 Å². The lowest BCUT2D eigenvalue weighted by Crippen LogP contribution is -2.37. The summed E-state index contributed by atoms with van der Waals surface area (Å²) in [6, 6.07) is 0. The van der Waals surface area contributed by atoms with Crippen LogP contribution in [0.5, 0.6) is 0 Å². The molecule has 23 heavy (non-hydrogen) atoms. The lowest BCUT2D eigenvalue weighted by Gasteiger charge is -2.23. The minimum absolute atomic E-state index is 0.0112. The van der Waals surface area contributed by atoms with Gasteiger partial charge >= 0.3 is 0 Å². The Balaban J connectivity index is 4.33. The van der Waals surface area contributed by atoms with E-state index in [4.69, 9.17) is 5.11 Å². The largest absolute Gasteiger partial charge is 0.395 e. The molecule has 3 atom stereocenters. The van der Waals surface area contributed by atoms with E-state index in [1.54, 1.807) is 0 Å². The number of hydrogen-bond donors (Lipinski definition) is 3. The second-order valence-electron chi connectivity index (χ2n) is 6.36. The summed E-state index contributed by atoms with van der Waals surface area (Å²) < 4.78 is 0. The molecule has 3 N–H and O–H groups in total. The first-order valence-corrected chi connectivity index (χ1v) is 9.17. The SMILES string of the molecule is CCCC(CC)C(=O)NCCC(C)C(CCC)C(=O)NCCO. The molecule has 0 aliphatic carbocycles. The molecule has 136 valence electrons. The number of rotatable bonds is 13. The van der Waals surface area contributed by atoms with Crippen LogP contribution in [0.1, 0.15) is 66.2 Å². The summed E-state index contributed by atoms with van der Waals surface area (Å²) in [5.74, 6) is 0.409. The molecule has 0 saturated heterocycles. The summed E-state index contributed by atoms with van der Waals surface area (Å²) in [5.41, 5.74) is 0. The predicted molar refractivity (Wildman–Crippen MR) is 94.0 cm³/mol. The summed E-state index contributed by atoms with van der Waals surface area (Å²) in [5, 5.41) is 14.6. The Hall–Kier alpha value is -1.10. The fourth-order valence-corrected chi connectivity index (χ4v) is 2.93. The van der Waals surface area contributed by atoms with Crippen molar-refractivity contribution in [2.45, 2.75) is 66.2 Å². The van der Waals surface area contributed by atoms with Crippen LogP contribution in [0, 0.1) is 17.8 Å². The van der Waals surface area contributed by atoms with Gasteiger partial charge in [0.25, 0.3) is 0 Å². The van der Waals surface area contributed by atoms with Crippen LogP contribution in [0.2, 0.25) is 0 Å². The Bertz CT molecular complexity index is 334. The highest BCUT2D eigenvalue weighted by Crippen LogP contribution is 2.21. The molecule has 0 radical (unpaired) electrons. The van der Waals surface area contributed by atoms with Gasteiger partial charge in [-0.3, -0.25) is 9.59 Å². The molecule has 3 unspecified atom stereocenters. The van der Waals surface area contributed by atoms with Gasteiger partial charge in [0.1, 0.15) is 0 Å². The Morgan fingerprint density at radius 3 is 2.04 bits per heavy atom. The van der Waals surface area contributed by atoms with Crippen LogP contribution >= 0.6 is 0 Å². The van der Waals surface area contributed by atoms with Gasteiger partial charge in [0.05, 0.1) is 6.61 Å². The number of carbonyl (C=O) groups excluding carboxylic acids is 2. The molecule has 2 amide bonds. The number of amides is 2. The maximum absolute atomic E-state index is 12.2. The number of aliphatic hydroxyl groups is 1. The second kappa shape index (κ2) is 13.3. The summed E-state index contributed by atoms with van der Waals surface area (Å²) in [6.45, 7) is 9.16. The van der Waals surface area contributed by atoms with E-state index < -0.39 is 0 Å². The standard InChI is InChI=1S/C18H36N2O3/c1-5-8-15(7-3)17(22)19-11-10-14(4)16(9-6-2)18(23)20-12-13-21/h14-16,21H,5-13H2,1-4H3,(H,19,22)(H,20,23). The van der Waals surface area contributed by atoms with Gasteiger partial charge in [-0.15, -0.1) is 0 Å². The van der Waals surface area contributed by atoms with Crippen LogP contribution in [-0.2, 0) is 9.59 Å². The molecule has 0 aliphatic rings. The van der Waals surface area contributed by atoms with E-state index in [2.05, 4.69) is 31.4 Å². The van der Waals surface area contributed by atoms with Crippen molar-refractivity contribution in [3.8, 4) is 0 Å². The van der Waals surface area contributed by atoms with Gasteiger partial charge in [0, 0.05) is 24.9 Å². The average molecular weight is 328 g/mol. The van der Waals surface area contributed by atoms with E-state index in [1.165, 1.54) is 0 Å². The van der Waals surface area contributed by atoms with Gasteiger partial charge in [0.2, 0.25) is 11.8 Å². The van der Waals surface area contributed by atoms with Crippen molar-refractivity contribution in [1.29, 1.82) is 0 Å². The third-order valence-corrected chi connectivity index (χ3v) is 4.43. The Morgan fingerprint density at radius 1 is 0.913 bits per heavy atom. The van der Waals surface area contributed by atoms with Crippen molar-refractivity contribution < 1.29 is 14.7 Å². The first kappa shape index (κ1) is 21.9. The van der Waals surface area contributed by atoms with Crippen molar-refractivity contribution in [3.05, 3.63) is 0 Å². The molecular weight excluding hydrogens is 292 g/mol. The Morgan fingerprint density at radius 2 is 1.52 bits per heavy atom.